The minimum Gasteiger partial charge on any atom is -0.478 e. The summed E-state index contributed by atoms with van der Waals surface area (Å²) in [5.41, 5.74) is -3.38. The normalized spacial score (nSPS) is 20.8. The van der Waals surface area contributed by atoms with Crippen molar-refractivity contribution < 1.29 is 35.6 Å². The molecule has 0 spiro atoms. The van der Waals surface area contributed by atoms with Crippen LogP contribution in [-0.2, 0) is 6.42 Å². The number of hydrogen-bond acceptors (Lipinski definition) is 3. The summed E-state index contributed by atoms with van der Waals surface area (Å²) in [5.74, 6) is -1.77. The van der Waals surface area contributed by atoms with Crippen LogP contribution >= 0.6 is 0 Å². The molecule has 0 aromatic heterocycles. The molecule has 0 aliphatic rings. The Labute approximate surface area is 192 Å². The maximum Gasteiger partial charge on any atom is 0.335 e. The van der Waals surface area contributed by atoms with Gasteiger partial charge in [0.15, 0.2) is 0 Å². The fourth-order valence-electron chi connectivity index (χ4n) is 2.30. The smallest absolute Gasteiger partial charge is 0.335 e. The molecule has 29 heavy (non-hydrogen) atoms. The van der Waals surface area contributed by atoms with Gasteiger partial charge in [0.25, 0.3) is 0 Å². The number of benzene rings is 3. The van der Waals surface area contributed by atoms with Gasteiger partial charge in [-0.1, -0.05) is 66.0 Å². The Morgan fingerprint density at radius 3 is 2.62 bits per heavy atom. The minimum absolute atomic E-state index is 0.0372. The lowest BCUT2D eigenvalue weighted by atomic mass is 9.99. The molecule has 0 saturated carbocycles. The van der Waals surface area contributed by atoms with E-state index in [-0.39, 0.29) is 5.56 Å². The highest BCUT2D eigenvalue weighted by Gasteiger charge is 2.07. The molecule has 0 heterocycles. The van der Waals surface area contributed by atoms with Crippen molar-refractivity contribution in [3.05, 3.63) is 94.8 Å². The summed E-state index contributed by atoms with van der Waals surface area (Å²) < 4.78 is 123. The summed E-state index contributed by atoms with van der Waals surface area (Å²) in [7, 11) is 0. The molecule has 0 aliphatic carbocycles. The Balaban J connectivity index is 2.02. The van der Waals surface area contributed by atoms with Gasteiger partial charge >= 0.3 is 5.97 Å². The van der Waals surface area contributed by atoms with Crippen LogP contribution in [0, 0.1) is 6.92 Å². The lowest BCUT2D eigenvalue weighted by Crippen LogP contribution is -2.22. The zero-order valence-electron chi connectivity index (χ0n) is 30.4. The van der Waals surface area contributed by atoms with Crippen molar-refractivity contribution in [3.63, 3.8) is 0 Å². The predicted molar refractivity (Wildman–Crippen MR) is 116 cm³/mol. The van der Waals surface area contributed by atoms with E-state index in [1.165, 1.54) is 6.92 Å². The van der Waals surface area contributed by atoms with Gasteiger partial charge in [0.1, 0.15) is 0 Å². The maximum absolute atomic E-state index is 11.7. The van der Waals surface area contributed by atoms with Crippen LogP contribution in [0.15, 0.2) is 72.5 Å². The number of hydrogen-bond donors (Lipinski definition) is 3. The monoisotopic (exact) mass is 404 g/mol. The molecule has 3 N–H and O–H groups in total. The van der Waals surface area contributed by atoms with Crippen molar-refractivity contribution in [2.75, 3.05) is 13.1 Å². The Kier molecular flexibility index (Phi) is 3.04. The van der Waals surface area contributed by atoms with Crippen LogP contribution in [-0.4, -0.2) is 29.3 Å². The third-order valence-corrected chi connectivity index (χ3v) is 3.65. The first-order chi connectivity index (χ1) is 20.1. The van der Waals surface area contributed by atoms with Crippen LogP contribution in [0.3, 0.4) is 0 Å². The second kappa shape index (κ2) is 10.0. The molecule has 0 radical (unpaired) electrons. The maximum atomic E-state index is 11.7. The van der Waals surface area contributed by atoms with Crippen molar-refractivity contribution in [1.29, 1.82) is 0 Å². The number of rotatable bonds is 9. The van der Waals surface area contributed by atoms with E-state index in [9.17, 15) is 15.0 Å². The molecule has 1 atom stereocenters. The van der Waals surface area contributed by atoms with Gasteiger partial charge in [-0.05, 0) is 60.6 Å². The molecular formula is C25H27NO3. The molecule has 0 bridgehead atoms. The highest BCUT2D eigenvalue weighted by Crippen LogP contribution is 2.22. The quantitative estimate of drug-likeness (QED) is 0.487. The van der Waals surface area contributed by atoms with Crippen LogP contribution in [0.5, 0.6) is 0 Å². The number of carboxylic acid groups (broad SMARTS) is 1. The average molecular weight is 405 g/mol. The highest BCUT2D eigenvalue weighted by atomic mass is 16.4. The Hall–Kier alpha value is -2.95. The number of carbonyl (C=O) groups is 1. The number of carboxylic acids is 1. The van der Waals surface area contributed by atoms with Gasteiger partial charge in [0.05, 0.1) is 29.5 Å². The van der Waals surface area contributed by atoms with E-state index in [0.717, 1.165) is 0 Å². The van der Waals surface area contributed by atoms with Gasteiger partial charge in [-0.3, -0.25) is 0 Å². The molecule has 4 heteroatoms. The van der Waals surface area contributed by atoms with Crippen molar-refractivity contribution in [2.45, 2.75) is 25.8 Å². The fourth-order valence-corrected chi connectivity index (χ4v) is 2.30. The minimum atomic E-state index is -2.69. The van der Waals surface area contributed by atoms with Gasteiger partial charge in [0, 0.05) is 9.29 Å². The lowest BCUT2D eigenvalue weighted by Gasteiger charge is -2.13. The third-order valence-electron chi connectivity index (χ3n) is 3.65. The summed E-state index contributed by atoms with van der Waals surface area (Å²) in [4.78, 5) is 11.7. The Bertz CT molecular complexity index is 1660. The van der Waals surface area contributed by atoms with E-state index in [2.05, 4.69) is 5.32 Å². The zero-order valence-corrected chi connectivity index (χ0v) is 15.4. The fraction of sp³-hybridized carbons (Fsp3) is 0.240. The zero-order chi connectivity index (χ0) is 33.8. The van der Waals surface area contributed by atoms with Crippen LogP contribution in [0.1, 0.15) is 60.1 Å². The van der Waals surface area contributed by atoms with Crippen molar-refractivity contribution in [1.82, 2.24) is 5.32 Å². The van der Waals surface area contributed by atoms with Gasteiger partial charge in [-0.2, -0.15) is 0 Å². The molecular weight excluding hydrogens is 362 g/mol. The SMILES string of the molecule is [2H]c1c([2H])c(CC([2H])([2H])CNC[C@]([2H])(O)c2c([2H])c([2H])c([2H])c(C)c2[2H])c([2H])c(-c2c([2H])c([2H])c([2H])c(C(=O)O)c2[2H])c1[2H]. The Morgan fingerprint density at radius 2 is 1.83 bits per heavy atom. The number of nitrogens with one attached hydrogen (secondary N) is 1. The molecule has 3 rings (SSSR count). The topological polar surface area (TPSA) is 69.6 Å². The van der Waals surface area contributed by atoms with Gasteiger partial charge in [0.2, 0.25) is 0 Å². The summed E-state index contributed by atoms with van der Waals surface area (Å²) >= 11 is 0. The van der Waals surface area contributed by atoms with E-state index in [0.29, 0.717) is 0 Å². The predicted octanol–water partition coefficient (Wildman–Crippen LogP) is 4.62. The van der Waals surface area contributed by atoms with Crippen molar-refractivity contribution >= 4 is 5.97 Å². The van der Waals surface area contributed by atoms with E-state index in [1.807, 2.05) is 0 Å². The average Bonchev–Trinajstić information content (AvgIpc) is 2.92. The lowest BCUT2D eigenvalue weighted by molar-refractivity contribution is 0.0697. The van der Waals surface area contributed by atoms with Crippen molar-refractivity contribution in [3.8, 4) is 11.1 Å². The summed E-state index contributed by atoms with van der Waals surface area (Å²) in [6, 6.07) is -9.02. The number of aliphatic hydroxyl groups is 1. The summed E-state index contributed by atoms with van der Waals surface area (Å²) in [5, 5.41) is 22.7. The second-order valence-electron chi connectivity index (χ2n) is 5.89. The summed E-state index contributed by atoms with van der Waals surface area (Å²) in [6.07, 6.45) is -5.85. The van der Waals surface area contributed by atoms with Crippen molar-refractivity contribution in [2.24, 2.45) is 0 Å². The first-order valence-corrected chi connectivity index (χ1v) is 8.52. The molecule has 3 aromatic rings. The number of aromatic carboxylic acids is 1. The van der Waals surface area contributed by atoms with E-state index < -0.39 is 138 Å². The molecule has 0 unspecified atom stereocenters. The largest absolute Gasteiger partial charge is 0.478 e. The molecule has 3 aromatic carbocycles. The highest BCUT2D eigenvalue weighted by molar-refractivity contribution is 5.89. The van der Waals surface area contributed by atoms with E-state index in [1.54, 1.807) is 0 Å². The van der Waals surface area contributed by atoms with Gasteiger partial charge in [-0.15, -0.1) is 0 Å². The van der Waals surface area contributed by atoms with E-state index >= 15 is 0 Å². The van der Waals surface area contributed by atoms with Gasteiger partial charge in [-0.25, -0.2) is 4.79 Å². The van der Waals surface area contributed by atoms with Crippen LogP contribution in [0.2, 0.25) is 0 Å². The first kappa shape index (κ1) is 8.82. The molecule has 0 aliphatic heterocycles. The Morgan fingerprint density at radius 1 is 1.10 bits per heavy atom. The summed E-state index contributed by atoms with van der Waals surface area (Å²) in [6.45, 7) is -0.0660. The third kappa shape index (κ3) is 6.01. The van der Waals surface area contributed by atoms with Crippen LogP contribution in [0.25, 0.3) is 11.1 Å². The molecule has 0 fully saturated rings. The molecule has 150 valence electrons. The van der Waals surface area contributed by atoms with Crippen LogP contribution < -0.4 is 5.32 Å². The van der Waals surface area contributed by atoms with E-state index in [4.69, 9.17) is 20.6 Å². The second-order valence-corrected chi connectivity index (χ2v) is 5.89. The molecule has 4 nitrogen and oxygen atoms in total. The molecule has 0 saturated heterocycles. The standard InChI is InChI=1S/C25H27NO3/c1-18-6-2-11-22(14-18)24(27)17-26-13-5-8-19-7-3-9-20(15-19)21-10-4-12-23(16-21)25(28)29/h2-4,6-7,9-12,14-16,24,26-27H,5,8,13,17H2,1H3,(H,28,29)/t24-/m0/s1/i2D,3D,4D,5D2,6D,7D,9D,10D,11D,12D,14D,15D,16D,24D. The van der Waals surface area contributed by atoms with Gasteiger partial charge < -0.3 is 15.5 Å². The van der Waals surface area contributed by atoms with Crippen LogP contribution in [0.4, 0.5) is 0 Å². The first-order valence-electron chi connectivity index (χ1n) is 16.0. The molecule has 0 amide bonds.